The van der Waals surface area contributed by atoms with Crippen LogP contribution in [0.2, 0.25) is 0 Å². The molecule has 1 aromatic carbocycles. The highest BCUT2D eigenvalue weighted by atomic mass is 79.9. The third-order valence-electron chi connectivity index (χ3n) is 3.60. The highest BCUT2D eigenvalue weighted by Crippen LogP contribution is 2.38. The Balaban J connectivity index is 2.43. The number of benzene rings is 1. The molecule has 0 spiro atoms. The lowest BCUT2D eigenvalue weighted by atomic mass is 10.1. The average molecular weight is 451 g/mol. The summed E-state index contributed by atoms with van der Waals surface area (Å²) in [6.45, 7) is 8.10. The van der Waals surface area contributed by atoms with Crippen molar-refractivity contribution >= 4 is 44.8 Å². The van der Waals surface area contributed by atoms with Crippen LogP contribution in [-0.2, 0) is 4.79 Å². The highest BCUT2D eigenvalue weighted by molar-refractivity contribution is 9.10. The van der Waals surface area contributed by atoms with Crippen molar-refractivity contribution in [3.8, 4) is 23.8 Å². The Morgan fingerprint density at radius 2 is 2.04 bits per heavy atom. The topological polar surface area (TPSA) is 51.1 Å². The summed E-state index contributed by atoms with van der Waals surface area (Å²) in [5, 5.41) is 0.730. The van der Waals surface area contributed by atoms with E-state index in [1.807, 2.05) is 39.8 Å². The molecule has 1 amide bonds. The van der Waals surface area contributed by atoms with E-state index < -0.39 is 0 Å². The molecule has 0 unspecified atom stereocenters. The zero-order chi connectivity index (χ0) is 20.1. The van der Waals surface area contributed by atoms with E-state index in [9.17, 15) is 4.79 Å². The largest absolute Gasteiger partial charge is 0.493 e. The van der Waals surface area contributed by atoms with Crippen molar-refractivity contribution in [1.82, 2.24) is 4.90 Å². The first kappa shape index (κ1) is 21.4. The molecule has 0 radical (unpaired) electrons. The minimum Gasteiger partial charge on any atom is -0.493 e. The fourth-order valence-electron chi connectivity index (χ4n) is 2.45. The Bertz CT molecular complexity index is 825. The molecule has 1 aliphatic heterocycles. The van der Waals surface area contributed by atoms with Crippen molar-refractivity contribution < 1.29 is 14.3 Å². The normalized spacial score (nSPS) is 17.3. The minimum absolute atomic E-state index is 0.0333. The van der Waals surface area contributed by atoms with Gasteiger partial charge in [-0.15, -0.1) is 6.42 Å². The van der Waals surface area contributed by atoms with Crippen molar-refractivity contribution in [1.29, 1.82) is 0 Å². The lowest BCUT2D eigenvalue weighted by molar-refractivity contribution is -0.123. The zero-order valence-electron chi connectivity index (χ0n) is 16.1. The predicted octanol–water partition coefficient (Wildman–Crippen LogP) is 4.56. The van der Waals surface area contributed by atoms with E-state index in [-0.39, 0.29) is 24.6 Å². The predicted molar refractivity (Wildman–Crippen MR) is 115 cm³/mol. The van der Waals surface area contributed by atoms with Crippen molar-refractivity contribution in [2.45, 2.75) is 39.8 Å². The number of carbonyl (C=O) groups is 1. The Kier molecular flexibility index (Phi) is 7.40. The number of thioether (sulfide) groups is 1. The molecule has 7 heteroatoms. The van der Waals surface area contributed by atoms with Crippen LogP contribution in [0, 0.1) is 12.3 Å². The van der Waals surface area contributed by atoms with Crippen LogP contribution in [0.1, 0.15) is 33.3 Å². The summed E-state index contributed by atoms with van der Waals surface area (Å²) in [5.41, 5.74) is 0.810. The molecule has 1 heterocycles. The molecule has 1 fully saturated rings. The van der Waals surface area contributed by atoms with Crippen LogP contribution in [0.4, 0.5) is 0 Å². The Hall–Kier alpha value is -1.91. The number of methoxy groups -OCH3 is 1. The Labute approximate surface area is 173 Å². The van der Waals surface area contributed by atoms with Gasteiger partial charge in [0, 0.05) is 16.6 Å². The van der Waals surface area contributed by atoms with E-state index in [1.165, 1.54) is 11.8 Å². The molecule has 1 aliphatic rings. The van der Waals surface area contributed by atoms with Crippen molar-refractivity contribution in [2.75, 3.05) is 13.7 Å². The van der Waals surface area contributed by atoms with Gasteiger partial charge < -0.3 is 9.47 Å². The second-order valence-corrected chi connectivity index (χ2v) is 8.27. The molecule has 0 bridgehead atoms. The maximum Gasteiger partial charge on any atom is 0.266 e. The van der Waals surface area contributed by atoms with Gasteiger partial charge in [0.2, 0.25) is 0 Å². The number of nitrogens with zero attached hydrogens (tertiary/aromatic N) is 2. The van der Waals surface area contributed by atoms with Gasteiger partial charge in [-0.05, 0) is 63.2 Å². The van der Waals surface area contributed by atoms with Gasteiger partial charge in [0.1, 0.15) is 6.61 Å². The molecular formula is C20H23BrN2O3S. The van der Waals surface area contributed by atoms with Crippen LogP contribution < -0.4 is 9.47 Å². The number of carbonyl (C=O) groups excluding carboxylic acids is 1. The third-order valence-corrected chi connectivity index (χ3v) is 5.29. The summed E-state index contributed by atoms with van der Waals surface area (Å²) in [7, 11) is 1.56. The minimum atomic E-state index is -0.0482. The first-order chi connectivity index (χ1) is 12.8. The number of hydrogen-bond acceptors (Lipinski definition) is 5. The van der Waals surface area contributed by atoms with Gasteiger partial charge in [-0.25, -0.2) is 0 Å². The molecule has 0 saturated carbocycles. The molecule has 0 N–H and O–H groups in total. The number of amidine groups is 1. The number of halogens is 1. The van der Waals surface area contributed by atoms with Crippen LogP contribution in [0.25, 0.3) is 6.08 Å². The highest BCUT2D eigenvalue weighted by Gasteiger charge is 2.35. The van der Waals surface area contributed by atoms with E-state index in [0.29, 0.717) is 16.4 Å². The maximum absolute atomic E-state index is 12.9. The number of aliphatic imine (C=N–C) groups is 1. The molecule has 1 aromatic rings. The van der Waals surface area contributed by atoms with Crippen LogP contribution in [0.5, 0.6) is 11.5 Å². The average Bonchev–Trinajstić information content (AvgIpc) is 2.89. The van der Waals surface area contributed by atoms with Crippen LogP contribution in [0.3, 0.4) is 0 Å². The second kappa shape index (κ2) is 9.34. The van der Waals surface area contributed by atoms with Crippen LogP contribution in [-0.4, -0.2) is 41.8 Å². The summed E-state index contributed by atoms with van der Waals surface area (Å²) in [5.74, 6) is 3.47. The maximum atomic E-state index is 12.9. The smallest absolute Gasteiger partial charge is 0.266 e. The van der Waals surface area contributed by atoms with Gasteiger partial charge in [-0.1, -0.05) is 21.9 Å². The molecule has 1 saturated heterocycles. The molecule has 2 rings (SSSR count). The summed E-state index contributed by atoms with van der Waals surface area (Å²) in [6, 6.07) is 3.75. The van der Waals surface area contributed by atoms with Gasteiger partial charge >= 0.3 is 0 Å². The van der Waals surface area contributed by atoms with Crippen LogP contribution in [0.15, 0.2) is 26.5 Å². The Morgan fingerprint density at radius 1 is 1.33 bits per heavy atom. The fourth-order valence-corrected chi connectivity index (χ4v) is 4.11. The monoisotopic (exact) mass is 450 g/mol. The molecule has 5 nitrogen and oxygen atoms in total. The first-order valence-electron chi connectivity index (χ1n) is 8.53. The summed E-state index contributed by atoms with van der Waals surface area (Å²) >= 11 is 4.92. The van der Waals surface area contributed by atoms with Gasteiger partial charge in [-0.3, -0.25) is 14.7 Å². The molecule has 0 aromatic heterocycles. The standard InChI is InChI=1S/C20H23BrN2O3S/c1-7-8-26-17-11-15(21)14(9-16(17)25-6)10-18-19(24)23(13(4)5)20(27-18)22-12(2)3/h1,9-13H,8H2,2-6H3/b18-10+,22-20?. The molecular weight excluding hydrogens is 428 g/mol. The van der Waals surface area contributed by atoms with E-state index in [1.54, 1.807) is 18.1 Å². The van der Waals surface area contributed by atoms with Gasteiger partial charge in [0.25, 0.3) is 5.91 Å². The molecule has 27 heavy (non-hydrogen) atoms. The number of rotatable bonds is 6. The summed E-state index contributed by atoms with van der Waals surface area (Å²) < 4.78 is 11.7. The summed E-state index contributed by atoms with van der Waals surface area (Å²) in [6.07, 6.45) is 7.09. The van der Waals surface area contributed by atoms with E-state index in [2.05, 4.69) is 26.8 Å². The van der Waals surface area contributed by atoms with Gasteiger partial charge in [0.15, 0.2) is 16.7 Å². The van der Waals surface area contributed by atoms with Crippen molar-refractivity contribution in [3.05, 3.63) is 27.1 Å². The first-order valence-corrected chi connectivity index (χ1v) is 10.1. The Morgan fingerprint density at radius 3 is 2.59 bits per heavy atom. The lowest BCUT2D eigenvalue weighted by Gasteiger charge is -2.20. The number of ether oxygens (including phenoxy) is 2. The quantitative estimate of drug-likeness (QED) is 0.470. The van der Waals surface area contributed by atoms with E-state index in [0.717, 1.165) is 15.2 Å². The third kappa shape index (κ3) is 5.08. The molecule has 144 valence electrons. The molecule has 0 aliphatic carbocycles. The number of amides is 1. The second-order valence-electron chi connectivity index (χ2n) is 6.40. The van der Waals surface area contributed by atoms with Gasteiger partial charge in [-0.2, -0.15) is 0 Å². The zero-order valence-corrected chi connectivity index (χ0v) is 18.5. The van der Waals surface area contributed by atoms with Crippen molar-refractivity contribution in [3.63, 3.8) is 0 Å². The SMILES string of the molecule is C#CCOc1cc(Br)c(/C=C2/SC(=NC(C)C)N(C(C)C)C2=O)cc1OC. The lowest BCUT2D eigenvalue weighted by Crippen LogP contribution is -2.35. The molecule has 0 atom stereocenters. The number of hydrogen-bond donors (Lipinski definition) is 0. The number of terminal acetylenes is 1. The van der Waals surface area contributed by atoms with Crippen molar-refractivity contribution in [2.24, 2.45) is 4.99 Å². The fraction of sp³-hybridized carbons (Fsp3) is 0.400. The van der Waals surface area contributed by atoms with E-state index >= 15 is 0 Å². The van der Waals surface area contributed by atoms with Gasteiger partial charge in [0.05, 0.1) is 12.0 Å². The van der Waals surface area contributed by atoms with E-state index in [4.69, 9.17) is 15.9 Å². The summed E-state index contributed by atoms with van der Waals surface area (Å²) in [4.78, 5) is 19.8. The van der Waals surface area contributed by atoms with Crippen LogP contribution >= 0.6 is 27.7 Å².